The standard InChI is InChI=1S/C16H25N3OS/c1-3-19(11-14-6-4-5-13(2)18-14)16(20)12-21-15-7-9-17-10-8-15/h4-6,15,17H,3,7-12H2,1-2H3. The number of aromatic nitrogens is 1. The first kappa shape index (κ1) is 16.3. The molecule has 1 fully saturated rings. The molecular weight excluding hydrogens is 282 g/mol. The van der Waals surface area contributed by atoms with Crippen LogP contribution in [0.4, 0.5) is 0 Å². The monoisotopic (exact) mass is 307 g/mol. The van der Waals surface area contributed by atoms with Gasteiger partial charge in [0.15, 0.2) is 0 Å². The maximum Gasteiger partial charge on any atom is 0.232 e. The highest BCUT2D eigenvalue weighted by atomic mass is 32.2. The largest absolute Gasteiger partial charge is 0.336 e. The van der Waals surface area contributed by atoms with Crippen molar-refractivity contribution in [2.75, 3.05) is 25.4 Å². The van der Waals surface area contributed by atoms with E-state index in [1.165, 1.54) is 12.8 Å². The zero-order chi connectivity index (χ0) is 15.1. The Morgan fingerprint density at radius 3 is 2.86 bits per heavy atom. The number of amides is 1. The molecule has 1 saturated heterocycles. The fourth-order valence-corrected chi connectivity index (χ4v) is 3.63. The van der Waals surface area contributed by atoms with Gasteiger partial charge < -0.3 is 10.2 Å². The van der Waals surface area contributed by atoms with Gasteiger partial charge in [0.25, 0.3) is 0 Å². The second-order valence-electron chi connectivity index (χ2n) is 5.44. The van der Waals surface area contributed by atoms with Crippen LogP contribution in [0.2, 0.25) is 0 Å². The van der Waals surface area contributed by atoms with Crippen molar-refractivity contribution >= 4 is 17.7 Å². The third-order valence-corrected chi connectivity index (χ3v) is 5.12. The van der Waals surface area contributed by atoms with E-state index < -0.39 is 0 Å². The predicted molar refractivity (Wildman–Crippen MR) is 88.4 cm³/mol. The van der Waals surface area contributed by atoms with E-state index in [9.17, 15) is 4.79 Å². The Labute approximate surface area is 131 Å². The van der Waals surface area contributed by atoms with Crippen LogP contribution in [-0.2, 0) is 11.3 Å². The van der Waals surface area contributed by atoms with Gasteiger partial charge in [-0.05, 0) is 51.9 Å². The molecule has 0 aromatic carbocycles. The number of aryl methyl sites for hydroxylation is 1. The lowest BCUT2D eigenvalue weighted by Crippen LogP contribution is -2.34. The molecule has 1 aliphatic heterocycles. The summed E-state index contributed by atoms with van der Waals surface area (Å²) in [5.74, 6) is 0.814. The van der Waals surface area contributed by atoms with Gasteiger partial charge in [0, 0.05) is 17.5 Å². The van der Waals surface area contributed by atoms with Gasteiger partial charge in [0.05, 0.1) is 18.0 Å². The van der Waals surface area contributed by atoms with Crippen molar-refractivity contribution in [1.82, 2.24) is 15.2 Å². The highest BCUT2D eigenvalue weighted by Gasteiger charge is 2.18. The molecule has 1 aromatic heterocycles. The van der Waals surface area contributed by atoms with Gasteiger partial charge in [0.1, 0.15) is 0 Å². The summed E-state index contributed by atoms with van der Waals surface area (Å²) in [6.45, 7) is 7.52. The zero-order valence-corrected chi connectivity index (χ0v) is 13.8. The normalized spacial score (nSPS) is 15.9. The number of nitrogens with zero attached hydrogens (tertiary/aromatic N) is 2. The second kappa shape index (κ2) is 8.39. The highest BCUT2D eigenvalue weighted by molar-refractivity contribution is 8.00. The van der Waals surface area contributed by atoms with Gasteiger partial charge in [-0.2, -0.15) is 0 Å². The van der Waals surface area contributed by atoms with Crippen LogP contribution in [-0.4, -0.2) is 46.4 Å². The molecule has 0 aliphatic carbocycles. The van der Waals surface area contributed by atoms with E-state index in [4.69, 9.17) is 0 Å². The predicted octanol–water partition coefficient (Wildman–Crippen LogP) is 2.22. The minimum atomic E-state index is 0.226. The Balaban J connectivity index is 1.83. The lowest BCUT2D eigenvalue weighted by Gasteiger charge is -2.24. The fraction of sp³-hybridized carbons (Fsp3) is 0.625. The lowest BCUT2D eigenvalue weighted by molar-refractivity contribution is -0.128. The van der Waals surface area contributed by atoms with Gasteiger partial charge in [-0.25, -0.2) is 0 Å². The number of nitrogens with one attached hydrogen (secondary N) is 1. The molecule has 0 atom stereocenters. The topological polar surface area (TPSA) is 45.2 Å². The van der Waals surface area contributed by atoms with E-state index in [0.717, 1.165) is 31.0 Å². The van der Waals surface area contributed by atoms with Crippen molar-refractivity contribution in [3.63, 3.8) is 0 Å². The quantitative estimate of drug-likeness (QED) is 0.875. The number of carbonyl (C=O) groups is 1. The van der Waals surface area contributed by atoms with Crippen LogP contribution in [0.15, 0.2) is 18.2 Å². The van der Waals surface area contributed by atoms with Gasteiger partial charge in [0.2, 0.25) is 5.91 Å². The van der Waals surface area contributed by atoms with E-state index in [1.807, 2.05) is 48.7 Å². The first-order chi connectivity index (χ1) is 10.2. The van der Waals surface area contributed by atoms with E-state index in [0.29, 0.717) is 17.5 Å². The summed E-state index contributed by atoms with van der Waals surface area (Å²) in [6, 6.07) is 5.97. The molecule has 0 bridgehead atoms. The number of piperidine rings is 1. The van der Waals surface area contributed by atoms with Crippen LogP contribution in [0.5, 0.6) is 0 Å². The lowest BCUT2D eigenvalue weighted by atomic mass is 10.2. The third kappa shape index (κ3) is 5.32. The molecule has 0 unspecified atom stereocenters. The van der Waals surface area contributed by atoms with Crippen LogP contribution in [0.3, 0.4) is 0 Å². The van der Waals surface area contributed by atoms with Gasteiger partial charge in [-0.3, -0.25) is 9.78 Å². The van der Waals surface area contributed by atoms with Crippen LogP contribution in [0.25, 0.3) is 0 Å². The van der Waals surface area contributed by atoms with Crippen LogP contribution < -0.4 is 5.32 Å². The molecule has 2 heterocycles. The van der Waals surface area contributed by atoms with Crippen molar-refractivity contribution in [2.24, 2.45) is 0 Å². The van der Waals surface area contributed by atoms with E-state index in [-0.39, 0.29) is 5.91 Å². The summed E-state index contributed by atoms with van der Waals surface area (Å²) in [7, 11) is 0. The summed E-state index contributed by atoms with van der Waals surface area (Å²) in [6.07, 6.45) is 2.34. The van der Waals surface area contributed by atoms with E-state index in [1.54, 1.807) is 0 Å². The Bertz CT molecular complexity index is 461. The summed E-state index contributed by atoms with van der Waals surface area (Å²) < 4.78 is 0. The van der Waals surface area contributed by atoms with Gasteiger partial charge in [-0.15, -0.1) is 11.8 Å². The van der Waals surface area contributed by atoms with Crippen LogP contribution in [0, 0.1) is 6.92 Å². The molecule has 0 saturated carbocycles. The molecule has 21 heavy (non-hydrogen) atoms. The fourth-order valence-electron chi connectivity index (χ4n) is 2.50. The Morgan fingerprint density at radius 2 is 2.19 bits per heavy atom. The summed E-state index contributed by atoms with van der Waals surface area (Å²) in [5.41, 5.74) is 1.97. The summed E-state index contributed by atoms with van der Waals surface area (Å²) >= 11 is 1.81. The molecule has 1 N–H and O–H groups in total. The van der Waals surface area contributed by atoms with Crippen molar-refractivity contribution < 1.29 is 4.79 Å². The zero-order valence-electron chi connectivity index (χ0n) is 13.0. The maximum absolute atomic E-state index is 12.4. The highest BCUT2D eigenvalue weighted by Crippen LogP contribution is 2.20. The number of rotatable bonds is 6. The van der Waals surface area contributed by atoms with Crippen LogP contribution in [0.1, 0.15) is 31.2 Å². The van der Waals surface area contributed by atoms with Crippen molar-refractivity contribution in [3.05, 3.63) is 29.6 Å². The number of hydrogen-bond donors (Lipinski definition) is 1. The average molecular weight is 307 g/mol. The average Bonchev–Trinajstić information content (AvgIpc) is 2.51. The summed E-state index contributed by atoms with van der Waals surface area (Å²) in [5, 5.41) is 3.99. The number of pyridine rings is 1. The number of hydrogen-bond acceptors (Lipinski definition) is 4. The van der Waals surface area contributed by atoms with Gasteiger partial charge in [-0.1, -0.05) is 6.07 Å². The third-order valence-electron chi connectivity index (χ3n) is 3.76. The number of carbonyl (C=O) groups excluding carboxylic acids is 1. The van der Waals surface area contributed by atoms with Crippen molar-refractivity contribution in [2.45, 2.75) is 38.5 Å². The van der Waals surface area contributed by atoms with Gasteiger partial charge >= 0.3 is 0 Å². The molecule has 116 valence electrons. The molecule has 0 spiro atoms. The maximum atomic E-state index is 12.4. The molecule has 0 radical (unpaired) electrons. The minimum Gasteiger partial charge on any atom is -0.336 e. The molecule has 2 rings (SSSR count). The van der Waals surface area contributed by atoms with E-state index in [2.05, 4.69) is 10.3 Å². The van der Waals surface area contributed by atoms with E-state index >= 15 is 0 Å². The first-order valence-electron chi connectivity index (χ1n) is 7.71. The number of thioether (sulfide) groups is 1. The second-order valence-corrected chi connectivity index (χ2v) is 6.73. The molecular formula is C16H25N3OS. The Hall–Kier alpha value is -1.07. The summed E-state index contributed by atoms with van der Waals surface area (Å²) in [4.78, 5) is 18.8. The minimum absolute atomic E-state index is 0.226. The smallest absolute Gasteiger partial charge is 0.232 e. The Kier molecular flexibility index (Phi) is 6.51. The molecule has 1 aliphatic rings. The molecule has 5 heteroatoms. The molecule has 1 amide bonds. The Morgan fingerprint density at radius 1 is 1.43 bits per heavy atom. The van der Waals surface area contributed by atoms with Crippen molar-refractivity contribution in [1.29, 1.82) is 0 Å². The van der Waals surface area contributed by atoms with Crippen molar-refractivity contribution in [3.8, 4) is 0 Å². The van der Waals surface area contributed by atoms with Crippen LogP contribution >= 0.6 is 11.8 Å². The SMILES string of the molecule is CCN(Cc1cccc(C)n1)C(=O)CSC1CCNCC1. The molecule has 1 aromatic rings. The molecule has 4 nitrogen and oxygen atoms in total. The first-order valence-corrected chi connectivity index (χ1v) is 8.76.